The lowest BCUT2D eigenvalue weighted by Gasteiger charge is -2.38. The molecule has 0 bridgehead atoms. The average molecular weight is 485 g/mol. The summed E-state index contributed by atoms with van der Waals surface area (Å²) < 4.78 is 0. The van der Waals surface area contributed by atoms with E-state index >= 15 is 0 Å². The summed E-state index contributed by atoms with van der Waals surface area (Å²) in [5.41, 5.74) is 3.09. The molecule has 0 aromatic heterocycles. The van der Waals surface area contributed by atoms with Gasteiger partial charge in [-0.15, -0.1) is 11.6 Å². The number of unbranched alkanes of at least 4 members (excludes halogenated alkanes) is 1. The topological polar surface area (TPSA) is 0 Å². The molecule has 1 aromatic carbocycles. The number of hydrogen-bond donors (Lipinski definition) is 0. The zero-order chi connectivity index (χ0) is 23.6. The molecule has 3 fully saturated rings. The standard InChI is InChI=1S/C33H53Cl/c1-2-5-26-9-17-30(18-10-26)32-21-13-28(14-22-32)7-8-29-15-23-33(24-16-29)31-19-11-27(12-20-31)6-3-4-25-34/h11-12,19-20,26,28-30,32-33H,2-10,13-18,21-25H2,1H3. The van der Waals surface area contributed by atoms with Crippen LogP contribution in [0.4, 0.5) is 0 Å². The van der Waals surface area contributed by atoms with Gasteiger partial charge in [0.25, 0.3) is 0 Å². The van der Waals surface area contributed by atoms with Gasteiger partial charge in [0.15, 0.2) is 0 Å². The molecule has 0 amide bonds. The van der Waals surface area contributed by atoms with E-state index < -0.39 is 0 Å². The Hall–Kier alpha value is -0.490. The lowest BCUT2D eigenvalue weighted by molar-refractivity contribution is 0.137. The first-order valence-corrected chi connectivity index (χ1v) is 15.9. The summed E-state index contributed by atoms with van der Waals surface area (Å²) in [7, 11) is 0. The van der Waals surface area contributed by atoms with Gasteiger partial charge in [0.2, 0.25) is 0 Å². The molecule has 34 heavy (non-hydrogen) atoms. The minimum Gasteiger partial charge on any atom is -0.127 e. The summed E-state index contributed by atoms with van der Waals surface area (Å²) in [6.07, 6.45) is 27.7. The van der Waals surface area contributed by atoms with Crippen LogP contribution in [0.1, 0.15) is 140 Å². The Morgan fingerprint density at radius 3 is 1.62 bits per heavy atom. The van der Waals surface area contributed by atoms with Crippen LogP contribution in [0, 0.1) is 29.6 Å². The molecule has 0 unspecified atom stereocenters. The Morgan fingerprint density at radius 1 is 0.618 bits per heavy atom. The van der Waals surface area contributed by atoms with Crippen molar-refractivity contribution in [3.8, 4) is 0 Å². The van der Waals surface area contributed by atoms with E-state index in [1.54, 1.807) is 56.9 Å². The molecule has 3 aliphatic carbocycles. The van der Waals surface area contributed by atoms with Crippen LogP contribution in [0.2, 0.25) is 0 Å². The number of rotatable bonds is 11. The van der Waals surface area contributed by atoms with Gasteiger partial charge in [0.1, 0.15) is 0 Å². The van der Waals surface area contributed by atoms with Crippen molar-refractivity contribution in [3.63, 3.8) is 0 Å². The Labute approximate surface area is 217 Å². The van der Waals surface area contributed by atoms with Crippen molar-refractivity contribution in [1.29, 1.82) is 0 Å². The van der Waals surface area contributed by atoms with Crippen LogP contribution < -0.4 is 0 Å². The van der Waals surface area contributed by atoms with E-state index in [0.29, 0.717) is 0 Å². The fourth-order valence-electron chi connectivity index (χ4n) is 7.94. The summed E-state index contributed by atoms with van der Waals surface area (Å²) in [6, 6.07) is 9.61. The maximum absolute atomic E-state index is 5.82. The maximum atomic E-state index is 5.82. The monoisotopic (exact) mass is 484 g/mol. The molecule has 0 N–H and O–H groups in total. The maximum Gasteiger partial charge on any atom is 0.0223 e. The molecular formula is C33H53Cl. The molecular weight excluding hydrogens is 432 g/mol. The van der Waals surface area contributed by atoms with Crippen molar-refractivity contribution in [2.75, 3.05) is 5.88 Å². The smallest absolute Gasteiger partial charge is 0.0223 e. The predicted octanol–water partition coefficient (Wildman–Crippen LogP) is 10.7. The summed E-state index contributed by atoms with van der Waals surface area (Å²) in [6.45, 7) is 2.36. The van der Waals surface area contributed by atoms with Crippen LogP contribution in [-0.4, -0.2) is 5.88 Å². The summed E-state index contributed by atoms with van der Waals surface area (Å²) >= 11 is 5.82. The molecule has 4 rings (SSSR count). The number of halogens is 1. The summed E-state index contributed by atoms with van der Waals surface area (Å²) in [5, 5.41) is 0. The van der Waals surface area contributed by atoms with E-state index in [1.165, 1.54) is 69.8 Å². The van der Waals surface area contributed by atoms with Gasteiger partial charge >= 0.3 is 0 Å². The van der Waals surface area contributed by atoms with Gasteiger partial charge in [0.05, 0.1) is 0 Å². The highest BCUT2D eigenvalue weighted by atomic mass is 35.5. The van der Waals surface area contributed by atoms with Crippen molar-refractivity contribution in [2.24, 2.45) is 29.6 Å². The van der Waals surface area contributed by atoms with Gasteiger partial charge < -0.3 is 0 Å². The Bertz CT molecular complexity index is 654. The zero-order valence-corrected chi connectivity index (χ0v) is 23.0. The lowest BCUT2D eigenvalue weighted by Crippen LogP contribution is -2.26. The van der Waals surface area contributed by atoms with Crippen LogP contribution in [0.25, 0.3) is 0 Å². The molecule has 0 nitrogen and oxygen atoms in total. The van der Waals surface area contributed by atoms with Gasteiger partial charge in [0, 0.05) is 5.88 Å². The lowest BCUT2D eigenvalue weighted by atomic mass is 9.68. The third kappa shape index (κ3) is 8.01. The highest BCUT2D eigenvalue weighted by molar-refractivity contribution is 6.17. The highest BCUT2D eigenvalue weighted by Gasteiger charge is 2.31. The van der Waals surface area contributed by atoms with Crippen LogP contribution in [0.3, 0.4) is 0 Å². The van der Waals surface area contributed by atoms with Gasteiger partial charge in [-0.25, -0.2) is 0 Å². The number of aryl methyl sites for hydroxylation is 1. The molecule has 0 radical (unpaired) electrons. The number of hydrogen-bond acceptors (Lipinski definition) is 0. The average Bonchev–Trinajstić information content (AvgIpc) is 2.89. The van der Waals surface area contributed by atoms with Crippen molar-refractivity contribution >= 4 is 11.6 Å². The minimum atomic E-state index is 0.794. The normalized spacial score (nSPS) is 32.5. The van der Waals surface area contributed by atoms with E-state index in [1.807, 2.05) is 0 Å². The van der Waals surface area contributed by atoms with Gasteiger partial charge in [-0.05, 0) is 117 Å². The predicted molar refractivity (Wildman–Crippen MR) is 150 cm³/mol. The van der Waals surface area contributed by atoms with Gasteiger partial charge in [-0.3, -0.25) is 0 Å². The first-order valence-electron chi connectivity index (χ1n) is 15.4. The van der Waals surface area contributed by atoms with Gasteiger partial charge in [-0.2, -0.15) is 0 Å². The molecule has 0 spiro atoms. The second-order valence-corrected chi connectivity index (χ2v) is 12.9. The largest absolute Gasteiger partial charge is 0.127 e. The third-order valence-electron chi connectivity index (χ3n) is 10.3. The quantitative estimate of drug-likeness (QED) is 0.216. The summed E-state index contributed by atoms with van der Waals surface area (Å²) in [4.78, 5) is 0. The SMILES string of the molecule is CCCC1CCC(C2CCC(CCC3CCC(c4ccc(CCCCCl)cc4)CC3)CC2)CC1. The molecule has 3 saturated carbocycles. The van der Waals surface area contributed by atoms with Crippen molar-refractivity contribution in [3.05, 3.63) is 35.4 Å². The molecule has 0 atom stereocenters. The van der Waals surface area contributed by atoms with Crippen LogP contribution >= 0.6 is 11.6 Å². The number of benzene rings is 1. The molecule has 0 heterocycles. The van der Waals surface area contributed by atoms with Crippen LogP contribution in [0.15, 0.2) is 24.3 Å². The Kier molecular flexibility index (Phi) is 11.2. The second-order valence-electron chi connectivity index (χ2n) is 12.5. The molecule has 192 valence electrons. The molecule has 1 aromatic rings. The van der Waals surface area contributed by atoms with Gasteiger partial charge in [-0.1, -0.05) is 82.6 Å². The first kappa shape index (κ1) is 26.6. The van der Waals surface area contributed by atoms with E-state index in [2.05, 4.69) is 31.2 Å². The molecule has 3 aliphatic rings. The van der Waals surface area contributed by atoms with Crippen molar-refractivity contribution in [2.45, 2.75) is 135 Å². The van der Waals surface area contributed by atoms with E-state index in [-0.39, 0.29) is 0 Å². The fourth-order valence-corrected chi connectivity index (χ4v) is 8.13. The van der Waals surface area contributed by atoms with Crippen molar-refractivity contribution < 1.29 is 0 Å². The van der Waals surface area contributed by atoms with E-state index in [0.717, 1.165) is 47.8 Å². The molecule has 1 heteroatoms. The van der Waals surface area contributed by atoms with Crippen molar-refractivity contribution in [1.82, 2.24) is 0 Å². The van der Waals surface area contributed by atoms with Crippen LogP contribution in [0.5, 0.6) is 0 Å². The summed E-state index contributed by atoms with van der Waals surface area (Å²) in [5.74, 6) is 6.91. The molecule has 0 aliphatic heterocycles. The zero-order valence-electron chi connectivity index (χ0n) is 22.3. The fraction of sp³-hybridized carbons (Fsp3) is 0.818. The first-order chi connectivity index (χ1) is 16.7. The number of alkyl halides is 1. The third-order valence-corrected chi connectivity index (χ3v) is 10.5. The van der Waals surface area contributed by atoms with Crippen LogP contribution in [-0.2, 0) is 6.42 Å². The Balaban J connectivity index is 1.09. The van der Waals surface area contributed by atoms with E-state index in [4.69, 9.17) is 11.6 Å². The molecule has 0 saturated heterocycles. The highest BCUT2D eigenvalue weighted by Crippen LogP contribution is 2.44. The Morgan fingerprint density at radius 2 is 1.12 bits per heavy atom. The minimum absolute atomic E-state index is 0.794. The second kappa shape index (κ2) is 14.3. The van der Waals surface area contributed by atoms with E-state index in [9.17, 15) is 0 Å².